The fourth-order valence-electron chi connectivity index (χ4n) is 2.48. The molecular weight excluding hydrogens is 432 g/mol. The van der Waals surface area contributed by atoms with Gasteiger partial charge in [0.2, 0.25) is 15.9 Å². The van der Waals surface area contributed by atoms with Crippen LogP contribution < -0.4 is 25.2 Å². The molecule has 9 nitrogen and oxygen atoms in total. The van der Waals surface area contributed by atoms with Crippen molar-refractivity contribution in [2.24, 2.45) is 5.73 Å². The zero-order chi connectivity index (χ0) is 21.4. The highest BCUT2D eigenvalue weighted by Gasteiger charge is 2.14. The Bertz CT molecular complexity index is 981. The Balaban J connectivity index is 0.00000450. The van der Waals surface area contributed by atoms with Crippen LogP contribution in [0.1, 0.15) is 17.5 Å². The minimum atomic E-state index is -3.75. The van der Waals surface area contributed by atoms with Crippen LogP contribution in [0.15, 0.2) is 47.4 Å². The lowest BCUT2D eigenvalue weighted by Gasteiger charge is -2.11. The van der Waals surface area contributed by atoms with E-state index in [1.807, 2.05) is 0 Å². The van der Waals surface area contributed by atoms with Crippen molar-refractivity contribution in [1.29, 1.82) is 5.41 Å². The van der Waals surface area contributed by atoms with Crippen LogP contribution in [0.3, 0.4) is 0 Å². The van der Waals surface area contributed by atoms with Gasteiger partial charge in [-0.15, -0.1) is 12.4 Å². The second-order valence-electron chi connectivity index (χ2n) is 6.05. The van der Waals surface area contributed by atoms with Crippen molar-refractivity contribution < 1.29 is 22.7 Å². The van der Waals surface area contributed by atoms with Crippen molar-refractivity contribution in [3.05, 3.63) is 53.6 Å². The summed E-state index contributed by atoms with van der Waals surface area (Å²) in [6.07, 6.45) is -0.0158. The number of nitrogen functional groups attached to an aromatic ring is 1. The average molecular weight is 457 g/mol. The lowest BCUT2D eigenvalue weighted by molar-refractivity contribution is -0.121. The summed E-state index contributed by atoms with van der Waals surface area (Å²) in [6, 6.07) is 10.9. The Labute approximate surface area is 181 Å². The first-order chi connectivity index (χ1) is 13.8. The largest absolute Gasteiger partial charge is 0.493 e. The van der Waals surface area contributed by atoms with Crippen molar-refractivity contribution >= 4 is 34.2 Å². The average Bonchev–Trinajstić information content (AvgIpc) is 2.71. The smallest absolute Gasteiger partial charge is 0.240 e. The minimum absolute atomic E-state index is 0. The van der Waals surface area contributed by atoms with Gasteiger partial charge in [0, 0.05) is 25.1 Å². The van der Waals surface area contributed by atoms with Crippen LogP contribution >= 0.6 is 12.4 Å². The number of rotatable bonds is 10. The second-order valence-corrected chi connectivity index (χ2v) is 7.82. The van der Waals surface area contributed by atoms with E-state index in [0.717, 1.165) is 5.56 Å². The minimum Gasteiger partial charge on any atom is -0.493 e. The Kier molecular flexibility index (Phi) is 9.57. The van der Waals surface area contributed by atoms with Gasteiger partial charge >= 0.3 is 0 Å². The first-order valence-corrected chi connectivity index (χ1v) is 10.2. The van der Waals surface area contributed by atoms with Crippen molar-refractivity contribution in [3.63, 3.8) is 0 Å². The summed E-state index contributed by atoms with van der Waals surface area (Å²) in [5, 5.41) is 10.0. The lowest BCUT2D eigenvalue weighted by atomic mass is 10.2. The Morgan fingerprint density at radius 3 is 2.27 bits per heavy atom. The summed E-state index contributed by atoms with van der Waals surface area (Å²) in [4.78, 5) is 12.0. The third-order valence-corrected chi connectivity index (χ3v) is 5.53. The molecule has 0 spiro atoms. The number of nitrogens with one attached hydrogen (secondary N) is 3. The van der Waals surface area contributed by atoms with E-state index in [1.165, 1.54) is 38.5 Å². The highest BCUT2D eigenvalue weighted by atomic mass is 35.5. The van der Waals surface area contributed by atoms with Crippen molar-refractivity contribution in [1.82, 2.24) is 10.0 Å². The van der Waals surface area contributed by atoms with Gasteiger partial charge in [0.25, 0.3) is 0 Å². The van der Waals surface area contributed by atoms with Gasteiger partial charge in [0.1, 0.15) is 5.84 Å². The maximum Gasteiger partial charge on any atom is 0.240 e. The van der Waals surface area contributed by atoms with Crippen molar-refractivity contribution in [2.45, 2.75) is 17.9 Å². The number of hydrogen-bond donors (Lipinski definition) is 4. The highest BCUT2D eigenvalue weighted by Crippen LogP contribution is 2.27. The van der Waals surface area contributed by atoms with Crippen LogP contribution in [0.4, 0.5) is 0 Å². The molecule has 0 bridgehead atoms. The number of carbonyl (C=O) groups excluding carboxylic acids is 1. The molecule has 164 valence electrons. The second kappa shape index (κ2) is 11.4. The molecule has 0 saturated heterocycles. The van der Waals surface area contributed by atoms with Crippen LogP contribution in [-0.2, 0) is 21.4 Å². The predicted molar refractivity (Wildman–Crippen MR) is 116 cm³/mol. The quantitative estimate of drug-likeness (QED) is 0.314. The molecule has 0 heterocycles. The van der Waals surface area contributed by atoms with Crippen LogP contribution in [0, 0.1) is 5.41 Å². The number of nitrogens with two attached hydrogens (primary N) is 1. The van der Waals surface area contributed by atoms with Gasteiger partial charge in [0.15, 0.2) is 11.5 Å². The number of hydrogen-bond acceptors (Lipinski definition) is 6. The third-order valence-electron chi connectivity index (χ3n) is 4.06. The van der Waals surface area contributed by atoms with E-state index >= 15 is 0 Å². The van der Waals surface area contributed by atoms with E-state index in [4.69, 9.17) is 20.6 Å². The number of ether oxygens (including phenoxy) is 2. The molecule has 0 radical (unpaired) electrons. The van der Waals surface area contributed by atoms with Gasteiger partial charge in [-0.1, -0.05) is 6.07 Å². The van der Waals surface area contributed by atoms with Gasteiger partial charge in [-0.2, -0.15) is 0 Å². The topological polar surface area (TPSA) is 144 Å². The maximum atomic E-state index is 12.3. The van der Waals surface area contributed by atoms with Gasteiger partial charge < -0.3 is 20.5 Å². The van der Waals surface area contributed by atoms with Gasteiger partial charge in [-0.25, -0.2) is 13.1 Å². The molecule has 0 aliphatic rings. The van der Waals surface area contributed by atoms with E-state index in [2.05, 4.69) is 10.0 Å². The van der Waals surface area contributed by atoms with Crippen LogP contribution in [0.5, 0.6) is 11.5 Å². The molecule has 11 heteroatoms. The molecule has 2 aromatic rings. The van der Waals surface area contributed by atoms with Gasteiger partial charge in [0.05, 0.1) is 19.1 Å². The standard InChI is InChI=1S/C19H24N4O5S.ClH/c1-27-16-8-3-13(11-17(16)28-2)12-22-18(24)9-10-23-29(25,26)15-6-4-14(5-7-15)19(20)21;/h3-8,11,23H,9-10,12H2,1-2H3,(H3,20,21)(H,22,24);1H. The van der Waals surface area contributed by atoms with Crippen LogP contribution in [-0.4, -0.2) is 40.9 Å². The van der Waals surface area contributed by atoms with E-state index in [1.54, 1.807) is 18.2 Å². The molecule has 5 N–H and O–H groups in total. The number of benzene rings is 2. The molecule has 0 saturated carbocycles. The fraction of sp³-hybridized carbons (Fsp3) is 0.263. The van der Waals surface area contributed by atoms with Crippen LogP contribution in [0.25, 0.3) is 0 Å². The number of sulfonamides is 1. The lowest BCUT2D eigenvalue weighted by Crippen LogP contribution is -2.30. The van der Waals surface area contributed by atoms with Gasteiger partial charge in [-0.05, 0) is 42.0 Å². The Hall–Kier alpha value is -2.82. The molecule has 2 aromatic carbocycles. The molecule has 1 amide bonds. The van der Waals surface area contributed by atoms with Crippen molar-refractivity contribution in [2.75, 3.05) is 20.8 Å². The summed E-state index contributed by atoms with van der Waals surface area (Å²) in [5.74, 6) is 0.707. The first-order valence-electron chi connectivity index (χ1n) is 8.68. The Morgan fingerprint density at radius 2 is 1.70 bits per heavy atom. The van der Waals surface area contributed by atoms with E-state index in [-0.39, 0.29) is 48.6 Å². The van der Waals surface area contributed by atoms with Gasteiger partial charge in [-0.3, -0.25) is 10.2 Å². The number of halogens is 1. The Morgan fingerprint density at radius 1 is 1.07 bits per heavy atom. The fourth-order valence-corrected chi connectivity index (χ4v) is 3.51. The number of carbonyl (C=O) groups is 1. The molecule has 0 unspecified atom stereocenters. The normalized spacial score (nSPS) is 10.6. The molecular formula is C19H25ClN4O5S. The third kappa shape index (κ3) is 6.90. The molecule has 0 fully saturated rings. The number of amides is 1. The molecule has 0 aliphatic heterocycles. The molecule has 2 rings (SSSR count). The zero-order valence-corrected chi connectivity index (χ0v) is 18.2. The predicted octanol–water partition coefficient (Wildman–Crippen LogP) is 1.39. The SMILES string of the molecule is COc1ccc(CNC(=O)CCNS(=O)(=O)c2ccc(C(=N)N)cc2)cc1OC.Cl. The number of methoxy groups -OCH3 is 2. The summed E-state index contributed by atoms with van der Waals surface area (Å²) in [5.41, 5.74) is 6.60. The highest BCUT2D eigenvalue weighted by molar-refractivity contribution is 7.89. The van der Waals surface area contributed by atoms with Crippen molar-refractivity contribution in [3.8, 4) is 11.5 Å². The first kappa shape index (κ1) is 25.2. The summed E-state index contributed by atoms with van der Waals surface area (Å²) >= 11 is 0. The molecule has 30 heavy (non-hydrogen) atoms. The summed E-state index contributed by atoms with van der Waals surface area (Å²) in [6.45, 7) is 0.229. The molecule has 0 atom stereocenters. The monoisotopic (exact) mass is 456 g/mol. The van der Waals surface area contributed by atoms with E-state index in [0.29, 0.717) is 17.1 Å². The zero-order valence-electron chi connectivity index (χ0n) is 16.6. The molecule has 0 aliphatic carbocycles. The summed E-state index contributed by atoms with van der Waals surface area (Å²) in [7, 11) is -0.686. The maximum absolute atomic E-state index is 12.3. The molecule has 0 aromatic heterocycles. The summed E-state index contributed by atoms with van der Waals surface area (Å²) < 4.78 is 37.3. The van der Waals surface area contributed by atoms with Crippen LogP contribution in [0.2, 0.25) is 0 Å². The van der Waals surface area contributed by atoms with E-state index in [9.17, 15) is 13.2 Å². The van der Waals surface area contributed by atoms with E-state index < -0.39 is 10.0 Å². The number of amidine groups is 1.